The highest BCUT2D eigenvalue weighted by atomic mass is 35.5. The molecule has 0 saturated carbocycles. The van der Waals surface area contributed by atoms with E-state index in [1.54, 1.807) is 0 Å². The number of halogens is 1. The van der Waals surface area contributed by atoms with E-state index in [0.29, 0.717) is 23.7 Å². The van der Waals surface area contributed by atoms with Crippen LogP contribution < -0.4 is 10.2 Å². The van der Waals surface area contributed by atoms with E-state index < -0.39 is 0 Å². The lowest BCUT2D eigenvalue weighted by atomic mass is 10.0. The summed E-state index contributed by atoms with van der Waals surface area (Å²) in [6.07, 6.45) is 0. The van der Waals surface area contributed by atoms with Crippen LogP contribution >= 0.6 is 11.6 Å². The topological polar surface area (TPSA) is 65.5 Å². The van der Waals surface area contributed by atoms with Crippen molar-refractivity contribution >= 4 is 45.7 Å². The average molecular weight is 499 g/mol. The van der Waals surface area contributed by atoms with Crippen LogP contribution in [0.25, 0.3) is 22.2 Å². The fraction of sp³-hybridized carbons (Fsp3) is 0.207. The molecule has 6 nitrogen and oxygen atoms in total. The van der Waals surface area contributed by atoms with Crippen molar-refractivity contribution in [2.45, 2.75) is 13.8 Å². The summed E-state index contributed by atoms with van der Waals surface area (Å²) in [5.41, 5.74) is 5.91. The van der Waals surface area contributed by atoms with E-state index in [4.69, 9.17) is 16.6 Å². The third-order valence-electron chi connectivity index (χ3n) is 6.44. The van der Waals surface area contributed by atoms with Gasteiger partial charge in [0, 0.05) is 60.4 Å². The number of pyridine rings is 1. The van der Waals surface area contributed by atoms with Gasteiger partial charge >= 0.3 is 0 Å². The lowest BCUT2D eigenvalue weighted by Crippen LogP contribution is -2.48. The fourth-order valence-corrected chi connectivity index (χ4v) is 4.79. The molecule has 7 heteroatoms. The summed E-state index contributed by atoms with van der Waals surface area (Å²) in [6, 6.07) is 23.2. The van der Waals surface area contributed by atoms with Crippen LogP contribution in [0.3, 0.4) is 0 Å². The minimum absolute atomic E-state index is 0.00913. The molecule has 0 atom stereocenters. The van der Waals surface area contributed by atoms with Crippen molar-refractivity contribution in [3.8, 4) is 11.3 Å². The maximum Gasteiger partial charge on any atom is 0.254 e. The zero-order valence-electron chi connectivity index (χ0n) is 20.3. The molecule has 2 amide bonds. The molecule has 0 unspecified atom stereocenters. The Hall–Kier alpha value is -3.90. The Bertz CT molecular complexity index is 1440. The zero-order chi connectivity index (χ0) is 25.2. The molecule has 182 valence electrons. The van der Waals surface area contributed by atoms with Gasteiger partial charge in [-0.3, -0.25) is 9.59 Å². The SMILES string of the molecule is CC(=O)Nc1ccc(-c2cc(C(=O)N3CCN(c4cccc(Cl)c4)CC3)c3cc(C)ccc3n2)cc1. The van der Waals surface area contributed by atoms with Gasteiger partial charge in [-0.2, -0.15) is 0 Å². The number of piperazine rings is 1. The van der Waals surface area contributed by atoms with Crippen LogP contribution in [0.4, 0.5) is 11.4 Å². The highest BCUT2D eigenvalue weighted by molar-refractivity contribution is 6.30. The molecule has 1 N–H and O–H groups in total. The third-order valence-corrected chi connectivity index (χ3v) is 6.67. The third kappa shape index (κ3) is 5.04. The van der Waals surface area contributed by atoms with Crippen molar-refractivity contribution in [1.29, 1.82) is 0 Å². The maximum atomic E-state index is 13.8. The summed E-state index contributed by atoms with van der Waals surface area (Å²) in [5, 5.41) is 4.35. The Morgan fingerprint density at radius 2 is 1.67 bits per heavy atom. The Morgan fingerprint density at radius 3 is 2.36 bits per heavy atom. The van der Waals surface area contributed by atoms with Gasteiger partial charge in [-0.05, 0) is 55.5 Å². The predicted octanol–water partition coefficient (Wildman–Crippen LogP) is 5.78. The normalized spacial score (nSPS) is 13.6. The standard InChI is InChI=1S/C29H27ClN4O2/c1-19-6-11-27-25(16-19)26(18-28(32-27)21-7-9-23(10-8-21)31-20(2)35)29(36)34-14-12-33(13-15-34)24-5-3-4-22(30)17-24/h3-11,16-18H,12-15H2,1-2H3,(H,31,35). The number of aromatic nitrogens is 1. The highest BCUT2D eigenvalue weighted by Gasteiger charge is 2.25. The number of amides is 2. The average Bonchev–Trinajstić information content (AvgIpc) is 2.88. The van der Waals surface area contributed by atoms with Crippen molar-refractivity contribution < 1.29 is 9.59 Å². The van der Waals surface area contributed by atoms with Gasteiger partial charge in [0.2, 0.25) is 5.91 Å². The quantitative estimate of drug-likeness (QED) is 0.387. The van der Waals surface area contributed by atoms with E-state index in [2.05, 4.69) is 10.2 Å². The highest BCUT2D eigenvalue weighted by Crippen LogP contribution is 2.28. The van der Waals surface area contributed by atoms with Crippen molar-refractivity contribution in [1.82, 2.24) is 9.88 Å². The number of anilines is 2. The van der Waals surface area contributed by atoms with Crippen molar-refractivity contribution in [3.05, 3.63) is 88.9 Å². The van der Waals surface area contributed by atoms with Gasteiger partial charge in [0.15, 0.2) is 0 Å². The van der Waals surface area contributed by atoms with Crippen LogP contribution in [-0.4, -0.2) is 47.9 Å². The van der Waals surface area contributed by atoms with Crippen molar-refractivity contribution in [2.75, 3.05) is 36.4 Å². The van der Waals surface area contributed by atoms with Gasteiger partial charge < -0.3 is 15.1 Å². The molecule has 1 aromatic heterocycles. The van der Waals surface area contributed by atoms with E-state index in [-0.39, 0.29) is 11.8 Å². The first-order valence-electron chi connectivity index (χ1n) is 12.0. The number of rotatable bonds is 4. The summed E-state index contributed by atoms with van der Waals surface area (Å²) in [7, 11) is 0. The summed E-state index contributed by atoms with van der Waals surface area (Å²) < 4.78 is 0. The molecule has 0 aliphatic carbocycles. The molecular formula is C29H27ClN4O2. The van der Waals surface area contributed by atoms with Crippen LogP contribution in [0.1, 0.15) is 22.8 Å². The Balaban J connectivity index is 1.44. The number of hydrogen-bond acceptors (Lipinski definition) is 4. The van der Waals surface area contributed by atoms with Crippen molar-refractivity contribution in [3.63, 3.8) is 0 Å². The first-order valence-corrected chi connectivity index (χ1v) is 12.3. The van der Waals surface area contributed by atoms with Crippen LogP contribution in [0.2, 0.25) is 5.02 Å². The van der Waals surface area contributed by atoms with E-state index >= 15 is 0 Å². The Kier molecular flexibility index (Phi) is 6.61. The van der Waals surface area contributed by atoms with E-state index in [1.165, 1.54) is 6.92 Å². The van der Waals surface area contributed by atoms with Gasteiger partial charge in [-0.25, -0.2) is 4.98 Å². The molecule has 1 aliphatic heterocycles. The lowest BCUT2D eigenvalue weighted by Gasteiger charge is -2.36. The Morgan fingerprint density at radius 1 is 0.917 bits per heavy atom. The minimum atomic E-state index is -0.120. The number of carbonyl (C=O) groups excluding carboxylic acids is 2. The number of nitrogens with zero attached hydrogens (tertiary/aromatic N) is 3. The van der Waals surface area contributed by atoms with Crippen LogP contribution in [0, 0.1) is 6.92 Å². The molecule has 36 heavy (non-hydrogen) atoms. The molecule has 0 spiro atoms. The molecule has 1 aliphatic rings. The van der Waals surface area contributed by atoms with Gasteiger partial charge in [0.1, 0.15) is 0 Å². The second-order valence-electron chi connectivity index (χ2n) is 9.09. The number of aryl methyl sites for hydroxylation is 1. The monoisotopic (exact) mass is 498 g/mol. The molecular weight excluding hydrogens is 472 g/mol. The molecule has 0 radical (unpaired) electrons. The van der Waals surface area contributed by atoms with E-state index in [0.717, 1.165) is 52.2 Å². The molecule has 0 bridgehead atoms. The largest absolute Gasteiger partial charge is 0.368 e. The number of hydrogen-bond donors (Lipinski definition) is 1. The number of benzene rings is 3. The molecule has 5 rings (SSSR count). The maximum absolute atomic E-state index is 13.8. The fourth-order valence-electron chi connectivity index (χ4n) is 4.60. The number of carbonyl (C=O) groups is 2. The summed E-state index contributed by atoms with van der Waals surface area (Å²) in [4.78, 5) is 34.2. The molecule has 2 heterocycles. The minimum Gasteiger partial charge on any atom is -0.368 e. The Labute approximate surface area is 215 Å². The second kappa shape index (κ2) is 9.99. The van der Waals surface area contributed by atoms with Crippen LogP contribution in [0.15, 0.2) is 72.8 Å². The summed E-state index contributed by atoms with van der Waals surface area (Å²) in [6.45, 7) is 6.24. The van der Waals surface area contributed by atoms with Gasteiger partial charge in [-0.15, -0.1) is 0 Å². The van der Waals surface area contributed by atoms with Crippen LogP contribution in [-0.2, 0) is 4.79 Å². The summed E-state index contributed by atoms with van der Waals surface area (Å²) in [5.74, 6) is -0.111. The van der Waals surface area contributed by atoms with Crippen LogP contribution in [0.5, 0.6) is 0 Å². The lowest BCUT2D eigenvalue weighted by molar-refractivity contribution is -0.114. The smallest absolute Gasteiger partial charge is 0.254 e. The second-order valence-corrected chi connectivity index (χ2v) is 9.53. The van der Waals surface area contributed by atoms with Gasteiger partial charge in [-0.1, -0.05) is 41.4 Å². The van der Waals surface area contributed by atoms with Gasteiger partial charge in [0.25, 0.3) is 5.91 Å². The molecule has 1 saturated heterocycles. The first-order chi connectivity index (χ1) is 17.4. The molecule has 4 aromatic rings. The number of fused-ring (bicyclic) bond motifs is 1. The van der Waals surface area contributed by atoms with E-state index in [9.17, 15) is 9.59 Å². The predicted molar refractivity (Wildman–Crippen MR) is 146 cm³/mol. The zero-order valence-corrected chi connectivity index (χ0v) is 21.0. The summed E-state index contributed by atoms with van der Waals surface area (Å²) >= 11 is 6.17. The number of nitrogens with one attached hydrogen (secondary N) is 1. The van der Waals surface area contributed by atoms with Crippen molar-refractivity contribution in [2.24, 2.45) is 0 Å². The van der Waals surface area contributed by atoms with Gasteiger partial charge in [0.05, 0.1) is 16.8 Å². The first kappa shape index (κ1) is 23.8. The molecule has 1 fully saturated rings. The molecule has 3 aromatic carbocycles. The van der Waals surface area contributed by atoms with E-state index in [1.807, 2.05) is 84.6 Å².